The van der Waals surface area contributed by atoms with Crippen LogP contribution in [0.15, 0.2) is 36.4 Å². The number of ether oxygens (including phenoxy) is 1. The van der Waals surface area contributed by atoms with Gasteiger partial charge in [-0.3, -0.25) is 5.32 Å². The van der Waals surface area contributed by atoms with Gasteiger partial charge in [-0.2, -0.15) is 0 Å². The van der Waals surface area contributed by atoms with E-state index in [1.165, 1.54) is 12.1 Å². The second-order valence-electron chi connectivity index (χ2n) is 8.14. The van der Waals surface area contributed by atoms with Crippen molar-refractivity contribution in [2.75, 3.05) is 25.5 Å². The molecular weight excluding hydrogens is 343 g/mol. The number of nitrogens with one attached hydrogen (secondary N) is 1. The van der Waals surface area contributed by atoms with Crippen LogP contribution >= 0.6 is 0 Å². The number of anilines is 1. The lowest BCUT2D eigenvalue weighted by Crippen LogP contribution is -2.21. The normalized spacial score (nSPS) is 24.2. The second-order valence-corrected chi connectivity index (χ2v) is 8.14. The summed E-state index contributed by atoms with van der Waals surface area (Å²) in [4.78, 5) is 14.7. The number of rotatable bonds is 3. The van der Waals surface area contributed by atoms with E-state index in [1.54, 1.807) is 6.07 Å². The highest BCUT2D eigenvalue weighted by molar-refractivity contribution is 5.91. The van der Waals surface area contributed by atoms with Crippen molar-refractivity contribution in [2.45, 2.75) is 32.8 Å². The van der Waals surface area contributed by atoms with E-state index in [4.69, 9.17) is 4.74 Å². The lowest BCUT2D eigenvalue weighted by molar-refractivity contribution is 0.136. The van der Waals surface area contributed by atoms with Crippen molar-refractivity contribution in [3.05, 3.63) is 53.3 Å². The molecule has 2 fully saturated rings. The molecule has 1 unspecified atom stereocenters. The molecule has 4 nitrogen and oxygen atoms in total. The molecule has 1 aliphatic carbocycles. The van der Waals surface area contributed by atoms with Crippen LogP contribution in [-0.2, 0) is 4.74 Å². The van der Waals surface area contributed by atoms with Crippen LogP contribution in [0.5, 0.6) is 0 Å². The van der Waals surface area contributed by atoms with Gasteiger partial charge in [-0.15, -0.1) is 0 Å². The zero-order chi connectivity index (χ0) is 19.2. The van der Waals surface area contributed by atoms with Crippen LogP contribution in [0.1, 0.15) is 24.0 Å². The Balaban J connectivity index is 1.51. The molecule has 2 aromatic rings. The molecule has 1 saturated carbocycles. The molecule has 1 saturated heterocycles. The Morgan fingerprint density at radius 3 is 2.63 bits per heavy atom. The number of likely N-dealkylation sites (tertiary alicyclic amines) is 1. The summed E-state index contributed by atoms with van der Waals surface area (Å²) in [6, 6.07) is 10.4. The molecule has 2 aromatic carbocycles. The van der Waals surface area contributed by atoms with Gasteiger partial charge in [-0.1, -0.05) is 29.3 Å². The van der Waals surface area contributed by atoms with E-state index in [1.807, 2.05) is 26.0 Å². The van der Waals surface area contributed by atoms with Crippen LogP contribution in [0, 0.1) is 25.1 Å². The molecule has 5 heteroatoms. The van der Waals surface area contributed by atoms with E-state index in [0.717, 1.165) is 42.6 Å². The molecule has 1 N–H and O–H groups in total. The number of halogens is 1. The van der Waals surface area contributed by atoms with Gasteiger partial charge in [-0.05, 0) is 64.0 Å². The second kappa shape index (κ2) is 6.64. The van der Waals surface area contributed by atoms with Gasteiger partial charge in [0.15, 0.2) is 0 Å². The maximum absolute atomic E-state index is 13.9. The fourth-order valence-corrected chi connectivity index (χ4v) is 4.28. The van der Waals surface area contributed by atoms with E-state index in [-0.39, 0.29) is 17.3 Å². The highest BCUT2D eigenvalue weighted by Gasteiger charge is 2.59. The third-order valence-corrected chi connectivity index (χ3v) is 5.69. The predicted molar refractivity (Wildman–Crippen MR) is 104 cm³/mol. The number of aryl methyl sites for hydroxylation is 2. The Hall–Kier alpha value is -2.40. The third-order valence-electron chi connectivity index (χ3n) is 5.69. The molecule has 1 spiro atoms. The Kier molecular flexibility index (Phi) is 4.42. The van der Waals surface area contributed by atoms with Crippen LogP contribution in [0.2, 0.25) is 0 Å². The molecule has 0 radical (unpaired) electrons. The van der Waals surface area contributed by atoms with Crippen LogP contribution < -0.4 is 5.32 Å². The predicted octanol–water partition coefficient (Wildman–Crippen LogP) is 4.75. The molecule has 2 atom stereocenters. The molecule has 1 heterocycles. The van der Waals surface area contributed by atoms with Crippen molar-refractivity contribution in [2.24, 2.45) is 5.41 Å². The molecule has 27 heavy (non-hydrogen) atoms. The lowest BCUT2D eigenvalue weighted by atomic mass is 9.99. The van der Waals surface area contributed by atoms with Crippen molar-refractivity contribution < 1.29 is 13.9 Å². The number of carbonyl (C=O) groups excluding carboxylic acids is 1. The minimum absolute atomic E-state index is 0.0208. The van der Waals surface area contributed by atoms with Crippen molar-refractivity contribution in [3.8, 4) is 11.1 Å². The fourth-order valence-electron chi connectivity index (χ4n) is 4.28. The number of hydrogen-bond acceptors (Lipinski definition) is 3. The smallest absolute Gasteiger partial charge is 0.411 e. The van der Waals surface area contributed by atoms with E-state index >= 15 is 0 Å². The third kappa shape index (κ3) is 3.69. The average molecular weight is 368 g/mol. The summed E-state index contributed by atoms with van der Waals surface area (Å²) in [6.07, 6.45) is 1.51. The molecule has 0 aromatic heterocycles. The molecular formula is C22H25FN2O2. The average Bonchev–Trinajstić information content (AvgIpc) is 3.09. The molecule has 1 amide bonds. The standard InChI is InChI=1S/C22H25FN2O2/c1-14-8-15(2)10-16(9-14)18-11-17(23)4-5-19(18)24-21(26)27-20-12-22(20)6-7-25(3)13-22/h4-5,8-11,20H,6-7,12-13H2,1-3H3,(H,24,26)/t20-,22?/m0/s1. The number of carbonyl (C=O) groups is 1. The van der Waals surface area contributed by atoms with Gasteiger partial charge in [0.1, 0.15) is 11.9 Å². The Morgan fingerprint density at radius 2 is 1.96 bits per heavy atom. The fraction of sp³-hybridized carbons (Fsp3) is 0.409. The SMILES string of the molecule is Cc1cc(C)cc(-c2cc(F)ccc2NC(=O)O[C@H]2CC23CCN(C)C3)c1. The Morgan fingerprint density at radius 1 is 1.22 bits per heavy atom. The molecule has 0 bridgehead atoms. The van der Waals surface area contributed by atoms with Gasteiger partial charge in [0.2, 0.25) is 0 Å². The first-order valence-corrected chi connectivity index (χ1v) is 9.39. The van der Waals surface area contributed by atoms with Gasteiger partial charge < -0.3 is 9.64 Å². The van der Waals surface area contributed by atoms with Gasteiger partial charge >= 0.3 is 6.09 Å². The van der Waals surface area contributed by atoms with Crippen molar-refractivity contribution in [1.82, 2.24) is 4.90 Å². The van der Waals surface area contributed by atoms with Crippen molar-refractivity contribution >= 4 is 11.8 Å². The lowest BCUT2D eigenvalue weighted by Gasteiger charge is -2.14. The first kappa shape index (κ1) is 18.0. The topological polar surface area (TPSA) is 41.6 Å². The summed E-state index contributed by atoms with van der Waals surface area (Å²) in [5.41, 5.74) is 4.42. The van der Waals surface area contributed by atoms with E-state index < -0.39 is 6.09 Å². The number of nitrogens with zero attached hydrogens (tertiary/aromatic N) is 1. The summed E-state index contributed by atoms with van der Waals surface area (Å²) in [7, 11) is 2.10. The quantitative estimate of drug-likeness (QED) is 0.850. The van der Waals surface area contributed by atoms with Crippen LogP contribution in [0.25, 0.3) is 11.1 Å². The number of hydrogen-bond donors (Lipinski definition) is 1. The van der Waals surface area contributed by atoms with Crippen molar-refractivity contribution in [3.63, 3.8) is 0 Å². The van der Waals surface area contributed by atoms with Crippen molar-refractivity contribution in [1.29, 1.82) is 0 Å². The minimum Gasteiger partial charge on any atom is -0.445 e. The first-order chi connectivity index (χ1) is 12.8. The maximum atomic E-state index is 13.9. The zero-order valence-electron chi connectivity index (χ0n) is 16.0. The Bertz CT molecular complexity index is 878. The monoisotopic (exact) mass is 368 g/mol. The summed E-state index contributed by atoms with van der Waals surface area (Å²) in [6.45, 7) is 6.04. The Labute approximate surface area is 159 Å². The van der Waals surface area contributed by atoms with Gasteiger partial charge in [0.05, 0.1) is 5.69 Å². The first-order valence-electron chi connectivity index (χ1n) is 9.39. The van der Waals surface area contributed by atoms with Crippen LogP contribution in [0.4, 0.5) is 14.9 Å². The van der Waals surface area contributed by atoms with Crippen LogP contribution in [-0.4, -0.2) is 37.2 Å². The highest BCUT2D eigenvalue weighted by Crippen LogP contribution is 2.54. The van der Waals surface area contributed by atoms with E-state index in [9.17, 15) is 9.18 Å². The maximum Gasteiger partial charge on any atom is 0.411 e. The summed E-state index contributed by atoms with van der Waals surface area (Å²) in [5, 5.41) is 2.82. The minimum atomic E-state index is -0.469. The number of amides is 1. The zero-order valence-corrected chi connectivity index (χ0v) is 16.0. The van der Waals surface area contributed by atoms with E-state index in [2.05, 4.69) is 23.3 Å². The van der Waals surface area contributed by atoms with Crippen LogP contribution in [0.3, 0.4) is 0 Å². The molecule has 142 valence electrons. The highest BCUT2D eigenvalue weighted by atomic mass is 19.1. The molecule has 2 aliphatic rings. The number of benzene rings is 2. The summed E-state index contributed by atoms with van der Waals surface area (Å²) < 4.78 is 19.5. The van der Waals surface area contributed by atoms with Gasteiger partial charge in [-0.25, -0.2) is 9.18 Å². The summed E-state index contributed by atoms with van der Waals surface area (Å²) in [5.74, 6) is -0.335. The summed E-state index contributed by atoms with van der Waals surface area (Å²) >= 11 is 0. The molecule has 4 rings (SSSR count). The van der Waals surface area contributed by atoms with Gasteiger partial charge in [0, 0.05) is 17.5 Å². The van der Waals surface area contributed by atoms with Gasteiger partial charge in [0.25, 0.3) is 0 Å². The largest absolute Gasteiger partial charge is 0.445 e. The van der Waals surface area contributed by atoms with E-state index in [0.29, 0.717) is 11.3 Å². The molecule has 1 aliphatic heterocycles.